The van der Waals surface area contributed by atoms with Crippen molar-refractivity contribution in [2.45, 2.75) is 44.9 Å². The molecule has 0 aliphatic carbocycles. The SMILES string of the molecule is NC(=NCCCCN1CCN(CCCC(=O)N2CCCCC2)CC1)NC(=O)c1nc(Cl)c(N)nc1N. The molecule has 7 N–H and O–H groups in total. The fourth-order valence-corrected chi connectivity index (χ4v) is 4.59. The van der Waals surface area contributed by atoms with E-state index < -0.39 is 5.91 Å². The molecule has 0 radical (unpaired) electrons. The average Bonchev–Trinajstić information content (AvgIpc) is 2.87. The molecule has 2 aliphatic heterocycles. The first-order valence-corrected chi connectivity index (χ1v) is 13.1. The smallest absolute Gasteiger partial charge is 0.280 e. The summed E-state index contributed by atoms with van der Waals surface area (Å²) >= 11 is 5.80. The van der Waals surface area contributed by atoms with Crippen molar-refractivity contribution in [3.05, 3.63) is 10.8 Å². The maximum Gasteiger partial charge on any atom is 0.280 e. The number of likely N-dealkylation sites (tertiary alicyclic amines) is 1. The molecule has 0 spiro atoms. The third-order valence-electron chi connectivity index (χ3n) is 6.56. The van der Waals surface area contributed by atoms with E-state index in [4.69, 9.17) is 28.8 Å². The summed E-state index contributed by atoms with van der Waals surface area (Å²) < 4.78 is 0. The van der Waals surface area contributed by atoms with Gasteiger partial charge in [-0.15, -0.1) is 0 Å². The molecular formula is C23H39ClN10O2. The highest BCUT2D eigenvalue weighted by Crippen LogP contribution is 2.17. The van der Waals surface area contributed by atoms with E-state index in [1.807, 2.05) is 4.90 Å². The summed E-state index contributed by atoms with van der Waals surface area (Å²) in [4.78, 5) is 43.3. The highest BCUT2D eigenvalue weighted by molar-refractivity contribution is 6.31. The monoisotopic (exact) mass is 522 g/mol. The molecule has 200 valence electrons. The van der Waals surface area contributed by atoms with Crippen molar-refractivity contribution >= 4 is 41.0 Å². The molecule has 36 heavy (non-hydrogen) atoms. The summed E-state index contributed by atoms with van der Waals surface area (Å²) in [6.45, 7) is 8.52. The Morgan fingerprint density at radius 2 is 1.53 bits per heavy atom. The van der Waals surface area contributed by atoms with Gasteiger partial charge in [0.1, 0.15) is 0 Å². The minimum absolute atomic E-state index is 0.0125. The van der Waals surface area contributed by atoms with Crippen LogP contribution in [0.1, 0.15) is 55.4 Å². The summed E-state index contributed by atoms with van der Waals surface area (Å²) in [5.74, 6) is -0.510. The number of halogens is 1. The second-order valence-corrected chi connectivity index (χ2v) is 9.65. The zero-order valence-electron chi connectivity index (χ0n) is 20.9. The van der Waals surface area contributed by atoms with Crippen LogP contribution in [0.4, 0.5) is 11.6 Å². The first kappa shape index (κ1) is 27.9. The number of aromatic nitrogens is 2. The highest BCUT2D eigenvalue weighted by atomic mass is 35.5. The topological polar surface area (TPSA) is 172 Å². The van der Waals surface area contributed by atoms with Crippen LogP contribution in [0.2, 0.25) is 5.15 Å². The van der Waals surface area contributed by atoms with E-state index in [-0.39, 0.29) is 28.4 Å². The largest absolute Gasteiger partial charge is 0.382 e. The van der Waals surface area contributed by atoms with Crippen molar-refractivity contribution in [1.82, 2.24) is 30.0 Å². The zero-order valence-corrected chi connectivity index (χ0v) is 21.7. The van der Waals surface area contributed by atoms with Crippen LogP contribution in [-0.2, 0) is 4.79 Å². The molecule has 0 atom stereocenters. The highest BCUT2D eigenvalue weighted by Gasteiger charge is 2.19. The van der Waals surface area contributed by atoms with Crippen LogP contribution in [-0.4, -0.2) is 101 Å². The molecule has 2 aliphatic rings. The van der Waals surface area contributed by atoms with Gasteiger partial charge >= 0.3 is 0 Å². The Morgan fingerprint density at radius 1 is 0.889 bits per heavy atom. The van der Waals surface area contributed by atoms with Crippen LogP contribution in [0.15, 0.2) is 4.99 Å². The molecule has 0 bridgehead atoms. The Morgan fingerprint density at radius 3 is 2.19 bits per heavy atom. The first-order valence-electron chi connectivity index (χ1n) is 12.8. The number of piperidine rings is 1. The van der Waals surface area contributed by atoms with Gasteiger partial charge in [0, 0.05) is 52.2 Å². The summed E-state index contributed by atoms with van der Waals surface area (Å²) in [5, 5.41) is 2.34. The third-order valence-corrected chi connectivity index (χ3v) is 6.84. The number of anilines is 2. The van der Waals surface area contributed by atoms with Gasteiger partial charge in [-0.1, -0.05) is 11.6 Å². The lowest BCUT2D eigenvalue weighted by Gasteiger charge is -2.34. The second kappa shape index (κ2) is 14.1. The number of hydrogen-bond donors (Lipinski definition) is 4. The number of unbranched alkanes of at least 4 members (excludes halogenated alkanes) is 1. The van der Waals surface area contributed by atoms with E-state index in [2.05, 4.69) is 30.1 Å². The lowest BCUT2D eigenvalue weighted by Crippen LogP contribution is -2.47. The number of piperazine rings is 1. The zero-order chi connectivity index (χ0) is 25.9. The Bertz CT molecular complexity index is 914. The Labute approximate surface area is 217 Å². The third kappa shape index (κ3) is 8.75. The number of aliphatic imine (C=N–C) groups is 1. The van der Waals surface area contributed by atoms with E-state index in [0.29, 0.717) is 18.9 Å². The number of carbonyl (C=O) groups is 2. The fraction of sp³-hybridized carbons (Fsp3) is 0.696. The van der Waals surface area contributed by atoms with Crippen LogP contribution >= 0.6 is 11.6 Å². The van der Waals surface area contributed by atoms with Gasteiger partial charge in [0.25, 0.3) is 5.91 Å². The van der Waals surface area contributed by atoms with Crippen LogP contribution < -0.4 is 22.5 Å². The number of carbonyl (C=O) groups excluding carboxylic acids is 2. The van der Waals surface area contributed by atoms with Gasteiger partial charge in [-0.3, -0.25) is 19.9 Å². The quantitative estimate of drug-likeness (QED) is 0.194. The Hall–Kier alpha value is -2.70. The number of guanidine groups is 1. The molecule has 1 aromatic rings. The summed E-state index contributed by atoms with van der Waals surface area (Å²) in [5.41, 5.74) is 16.8. The average molecular weight is 523 g/mol. The molecule has 0 unspecified atom stereocenters. The lowest BCUT2D eigenvalue weighted by molar-refractivity contribution is -0.132. The van der Waals surface area contributed by atoms with Gasteiger partial charge in [0.05, 0.1) is 0 Å². The molecular weight excluding hydrogens is 484 g/mol. The predicted molar refractivity (Wildman–Crippen MR) is 142 cm³/mol. The molecule has 2 saturated heterocycles. The number of nitrogens with one attached hydrogen (secondary N) is 1. The van der Waals surface area contributed by atoms with Crippen molar-refractivity contribution in [2.24, 2.45) is 10.7 Å². The molecule has 2 fully saturated rings. The van der Waals surface area contributed by atoms with E-state index in [1.165, 1.54) is 6.42 Å². The number of hydrogen-bond acceptors (Lipinski definition) is 9. The minimum atomic E-state index is -0.642. The standard InChI is InChI=1S/C23H39ClN10O2/c24-19-21(26)30-20(25)18(29-19)22(36)31-23(27)28-8-2-5-9-32-13-15-33(16-14-32)10-6-7-17(35)34-11-3-1-4-12-34/h1-16H2,(H4,25,26,30)(H3,27,28,31,36). The number of nitrogens with two attached hydrogens (primary N) is 3. The summed E-state index contributed by atoms with van der Waals surface area (Å²) in [6, 6.07) is 0. The van der Waals surface area contributed by atoms with Crippen LogP contribution in [0, 0.1) is 0 Å². The van der Waals surface area contributed by atoms with Gasteiger partial charge in [0.15, 0.2) is 28.4 Å². The molecule has 12 nitrogen and oxygen atoms in total. The minimum Gasteiger partial charge on any atom is -0.382 e. The van der Waals surface area contributed by atoms with Crippen LogP contribution in [0.25, 0.3) is 0 Å². The molecule has 2 amide bonds. The van der Waals surface area contributed by atoms with E-state index in [1.54, 1.807) is 0 Å². The van der Waals surface area contributed by atoms with Crippen molar-refractivity contribution in [2.75, 3.05) is 70.4 Å². The van der Waals surface area contributed by atoms with Gasteiger partial charge in [-0.2, -0.15) is 0 Å². The van der Waals surface area contributed by atoms with Gasteiger partial charge < -0.3 is 31.9 Å². The van der Waals surface area contributed by atoms with Crippen molar-refractivity contribution in [3.63, 3.8) is 0 Å². The number of rotatable bonds is 10. The summed E-state index contributed by atoms with van der Waals surface area (Å²) in [6.07, 6.45) is 6.99. The number of nitrogen functional groups attached to an aromatic ring is 2. The molecule has 13 heteroatoms. The Kier molecular flexibility index (Phi) is 11.0. The van der Waals surface area contributed by atoms with Crippen molar-refractivity contribution in [3.8, 4) is 0 Å². The van der Waals surface area contributed by atoms with E-state index >= 15 is 0 Å². The van der Waals surface area contributed by atoms with Gasteiger partial charge in [-0.25, -0.2) is 9.97 Å². The fourth-order valence-electron chi connectivity index (χ4n) is 4.46. The van der Waals surface area contributed by atoms with Gasteiger partial charge in [0.2, 0.25) is 5.91 Å². The molecule has 3 heterocycles. The van der Waals surface area contributed by atoms with Crippen LogP contribution in [0.5, 0.6) is 0 Å². The molecule has 1 aromatic heterocycles. The van der Waals surface area contributed by atoms with Crippen LogP contribution in [0.3, 0.4) is 0 Å². The number of nitrogens with zero attached hydrogens (tertiary/aromatic N) is 6. The van der Waals surface area contributed by atoms with Crippen molar-refractivity contribution < 1.29 is 9.59 Å². The molecule has 0 aromatic carbocycles. The maximum atomic E-state index is 12.3. The van der Waals surface area contributed by atoms with E-state index in [9.17, 15) is 9.59 Å². The number of amides is 2. The first-order chi connectivity index (χ1) is 17.3. The molecule has 0 saturated carbocycles. The van der Waals surface area contributed by atoms with E-state index in [0.717, 1.165) is 84.5 Å². The predicted octanol–water partition coefficient (Wildman–Crippen LogP) is 0.529. The normalized spacial score (nSPS) is 17.8. The maximum absolute atomic E-state index is 12.3. The summed E-state index contributed by atoms with van der Waals surface area (Å²) in [7, 11) is 0. The molecule has 3 rings (SSSR count). The second-order valence-electron chi connectivity index (χ2n) is 9.29. The lowest BCUT2D eigenvalue weighted by atomic mass is 10.1. The Balaban J connectivity index is 1.25. The van der Waals surface area contributed by atoms with Gasteiger partial charge in [-0.05, 0) is 51.6 Å². The van der Waals surface area contributed by atoms with Crippen molar-refractivity contribution in [1.29, 1.82) is 0 Å².